The van der Waals surface area contributed by atoms with Gasteiger partial charge in [0.05, 0.1) is 0 Å². The molecule has 0 amide bonds. The summed E-state index contributed by atoms with van der Waals surface area (Å²) < 4.78 is 6.75. The van der Waals surface area contributed by atoms with Crippen LogP contribution in [-0.2, 0) is 10.8 Å². The van der Waals surface area contributed by atoms with Gasteiger partial charge in [-0.05, 0) is 95.9 Å². The maximum absolute atomic E-state index is 6.75. The van der Waals surface area contributed by atoms with Crippen molar-refractivity contribution in [2.24, 2.45) is 0 Å². The van der Waals surface area contributed by atoms with Gasteiger partial charge in [-0.1, -0.05) is 173 Å². The van der Waals surface area contributed by atoms with Crippen molar-refractivity contribution in [3.63, 3.8) is 0 Å². The lowest BCUT2D eigenvalue weighted by molar-refractivity contribution is 0.657. The first-order chi connectivity index (χ1) is 26.3. The van der Waals surface area contributed by atoms with Gasteiger partial charge in [0.1, 0.15) is 11.2 Å². The molecule has 0 radical (unpaired) electrons. The van der Waals surface area contributed by atoms with Crippen LogP contribution in [0, 0.1) is 0 Å². The fraction of sp³-hybridized carbons (Fsp3) is 0.132. The molecule has 0 atom stereocenters. The molecule has 1 nitrogen and oxygen atoms in total. The highest BCUT2D eigenvalue weighted by Crippen LogP contribution is 2.53. The topological polar surface area (TPSA) is 13.1 Å². The molecule has 0 saturated heterocycles. The SMILES string of the molecule is CC1(C)c2ccccc2-c2ccc(C(c3ccc4c(c3)C(C)(C)c3ccccc3-4)c3cc4c5cc(-c6ccccc6)ccc5oc4c4ccccc34)cc21. The summed E-state index contributed by atoms with van der Waals surface area (Å²) in [7, 11) is 0. The molecule has 9 aromatic rings. The summed E-state index contributed by atoms with van der Waals surface area (Å²) in [5, 5.41) is 4.68. The average Bonchev–Trinajstić information content (AvgIpc) is 3.78. The van der Waals surface area contributed by atoms with Crippen molar-refractivity contribution >= 4 is 32.7 Å². The van der Waals surface area contributed by atoms with E-state index in [1.807, 2.05) is 0 Å². The first kappa shape index (κ1) is 31.4. The summed E-state index contributed by atoms with van der Waals surface area (Å²) in [5.74, 6) is -0.0174. The highest BCUT2D eigenvalue weighted by molar-refractivity contribution is 6.17. The van der Waals surface area contributed by atoms with Gasteiger partial charge in [-0.2, -0.15) is 0 Å². The molecule has 1 aromatic heterocycles. The highest BCUT2D eigenvalue weighted by Gasteiger charge is 2.38. The quantitative estimate of drug-likeness (QED) is 0.167. The molecule has 0 fully saturated rings. The van der Waals surface area contributed by atoms with Gasteiger partial charge >= 0.3 is 0 Å². The first-order valence-electron chi connectivity index (χ1n) is 19.2. The molecule has 54 heavy (non-hydrogen) atoms. The summed E-state index contributed by atoms with van der Waals surface area (Å²) in [4.78, 5) is 0. The zero-order valence-electron chi connectivity index (χ0n) is 31.1. The summed E-state index contributed by atoms with van der Waals surface area (Å²) in [6, 6.07) is 61.1. The first-order valence-corrected chi connectivity index (χ1v) is 19.2. The molecule has 0 unspecified atom stereocenters. The minimum Gasteiger partial charge on any atom is -0.455 e. The molecule has 8 aromatic carbocycles. The number of hydrogen-bond donors (Lipinski definition) is 0. The average molecular weight is 693 g/mol. The minimum absolute atomic E-state index is 0.0174. The molecule has 2 aliphatic carbocycles. The van der Waals surface area contributed by atoms with Gasteiger partial charge < -0.3 is 4.42 Å². The van der Waals surface area contributed by atoms with Gasteiger partial charge in [0.25, 0.3) is 0 Å². The van der Waals surface area contributed by atoms with Crippen LogP contribution < -0.4 is 0 Å². The fourth-order valence-corrected chi connectivity index (χ4v) is 10.0. The fourth-order valence-electron chi connectivity index (χ4n) is 10.0. The Balaban J connectivity index is 1.20. The standard InChI is InChI=1S/C53H40O/c1-52(2)45-20-12-10-17-37(45)39-25-22-34(29-47(39)52)50(35-23-26-40-38-18-11-13-21-46(38)53(3,4)48(40)30-35)43-31-44-42-28-33(32-14-6-5-7-15-32)24-27-49(42)54-51(44)41-19-9-8-16-36(41)43/h5-31,50H,1-4H3. The van der Waals surface area contributed by atoms with Crippen molar-refractivity contribution in [3.8, 4) is 33.4 Å². The van der Waals surface area contributed by atoms with E-state index in [9.17, 15) is 0 Å². The Morgan fingerprint density at radius 3 is 1.56 bits per heavy atom. The smallest absolute Gasteiger partial charge is 0.143 e. The van der Waals surface area contributed by atoms with Crippen LogP contribution in [-0.4, -0.2) is 0 Å². The maximum Gasteiger partial charge on any atom is 0.143 e. The van der Waals surface area contributed by atoms with E-state index >= 15 is 0 Å². The molecule has 1 heteroatoms. The van der Waals surface area contributed by atoms with E-state index in [-0.39, 0.29) is 16.7 Å². The molecule has 0 N–H and O–H groups in total. The summed E-state index contributed by atoms with van der Waals surface area (Å²) in [6.07, 6.45) is 0. The third-order valence-corrected chi connectivity index (χ3v) is 12.8. The Morgan fingerprint density at radius 1 is 0.389 bits per heavy atom. The van der Waals surface area contributed by atoms with Crippen molar-refractivity contribution < 1.29 is 4.42 Å². The van der Waals surface area contributed by atoms with Crippen molar-refractivity contribution in [1.29, 1.82) is 0 Å². The van der Waals surface area contributed by atoms with Crippen LogP contribution in [0.25, 0.3) is 66.1 Å². The number of furan rings is 1. The molecule has 0 aliphatic heterocycles. The minimum atomic E-state index is -0.103. The molecule has 258 valence electrons. The summed E-state index contributed by atoms with van der Waals surface area (Å²) >= 11 is 0. The van der Waals surface area contributed by atoms with Crippen LogP contribution >= 0.6 is 0 Å². The lowest BCUT2D eigenvalue weighted by Crippen LogP contribution is -2.17. The molecule has 0 saturated carbocycles. The Bertz CT molecular complexity index is 2880. The largest absolute Gasteiger partial charge is 0.455 e. The lowest BCUT2D eigenvalue weighted by Gasteiger charge is -2.27. The molecular formula is C53H40O. The Kier molecular flexibility index (Phi) is 6.48. The van der Waals surface area contributed by atoms with Crippen LogP contribution in [0.15, 0.2) is 168 Å². The number of rotatable bonds is 4. The van der Waals surface area contributed by atoms with E-state index in [0.717, 1.165) is 27.3 Å². The van der Waals surface area contributed by atoms with Gasteiger partial charge in [-0.3, -0.25) is 0 Å². The van der Waals surface area contributed by atoms with Gasteiger partial charge in [-0.25, -0.2) is 0 Å². The van der Waals surface area contributed by atoms with Crippen molar-refractivity contribution in [1.82, 2.24) is 0 Å². The number of fused-ring (bicyclic) bond motifs is 11. The third kappa shape index (κ3) is 4.33. The Morgan fingerprint density at radius 2 is 0.926 bits per heavy atom. The van der Waals surface area contributed by atoms with Crippen molar-refractivity contribution in [3.05, 3.63) is 203 Å². The zero-order valence-corrected chi connectivity index (χ0v) is 31.1. The van der Waals surface area contributed by atoms with Crippen LogP contribution in [0.3, 0.4) is 0 Å². The predicted molar refractivity (Wildman–Crippen MR) is 226 cm³/mol. The number of benzene rings is 8. The van der Waals surface area contributed by atoms with Gasteiger partial charge in [0, 0.05) is 32.9 Å². The molecule has 0 bridgehead atoms. The molecule has 11 rings (SSSR count). The van der Waals surface area contributed by atoms with Crippen molar-refractivity contribution in [2.45, 2.75) is 44.4 Å². The van der Waals surface area contributed by atoms with E-state index in [2.05, 4.69) is 191 Å². The Hall–Kier alpha value is -6.18. The van der Waals surface area contributed by atoms with Gasteiger partial charge in [-0.15, -0.1) is 0 Å². The number of hydrogen-bond acceptors (Lipinski definition) is 1. The second-order valence-electron chi connectivity index (χ2n) is 16.5. The maximum atomic E-state index is 6.75. The van der Waals surface area contributed by atoms with E-state index in [1.54, 1.807) is 0 Å². The second kappa shape index (κ2) is 11.2. The second-order valence-corrected chi connectivity index (χ2v) is 16.5. The highest BCUT2D eigenvalue weighted by atomic mass is 16.3. The molecule has 1 heterocycles. The van der Waals surface area contributed by atoms with E-state index < -0.39 is 0 Å². The van der Waals surface area contributed by atoms with Crippen molar-refractivity contribution in [2.75, 3.05) is 0 Å². The molecule has 2 aliphatic rings. The summed E-state index contributed by atoms with van der Waals surface area (Å²) in [6.45, 7) is 9.54. The lowest BCUT2D eigenvalue weighted by atomic mass is 9.76. The zero-order chi connectivity index (χ0) is 36.3. The van der Waals surface area contributed by atoms with E-state index in [0.29, 0.717) is 0 Å². The van der Waals surface area contributed by atoms with Gasteiger partial charge in [0.15, 0.2) is 0 Å². The van der Waals surface area contributed by atoms with E-state index in [4.69, 9.17) is 4.42 Å². The van der Waals surface area contributed by atoms with Gasteiger partial charge in [0.2, 0.25) is 0 Å². The Labute approximate surface area is 316 Å². The van der Waals surface area contributed by atoms with Crippen LogP contribution in [0.1, 0.15) is 72.6 Å². The molecular weight excluding hydrogens is 653 g/mol. The van der Waals surface area contributed by atoms with Crippen LogP contribution in [0.4, 0.5) is 0 Å². The third-order valence-electron chi connectivity index (χ3n) is 12.8. The monoisotopic (exact) mass is 692 g/mol. The van der Waals surface area contributed by atoms with E-state index in [1.165, 1.54) is 77.7 Å². The van der Waals surface area contributed by atoms with Crippen LogP contribution in [0.5, 0.6) is 0 Å². The molecule has 0 spiro atoms. The summed E-state index contributed by atoms with van der Waals surface area (Å²) in [5.41, 5.74) is 19.0. The normalized spacial score (nSPS) is 14.8. The predicted octanol–water partition coefficient (Wildman–Crippen LogP) is 14.2. The van der Waals surface area contributed by atoms with Crippen LogP contribution in [0.2, 0.25) is 0 Å².